The molecule has 0 aliphatic heterocycles. The highest BCUT2D eigenvalue weighted by Crippen LogP contribution is 2.32. The first kappa shape index (κ1) is 24.1. The van der Waals surface area contributed by atoms with Crippen LogP contribution >= 0.6 is 0 Å². The van der Waals surface area contributed by atoms with Crippen molar-refractivity contribution in [2.24, 2.45) is 4.99 Å². The van der Waals surface area contributed by atoms with Crippen molar-refractivity contribution < 1.29 is 33.0 Å². The Morgan fingerprint density at radius 2 is 1.62 bits per heavy atom. The van der Waals surface area contributed by atoms with E-state index in [-0.39, 0.29) is 35.4 Å². The van der Waals surface area contributed by atoms with Gasteiger partial charge >= 0.3 is 12.2 Å². The third kappa shape index (κ3) is 7.59. The first-order valence-corrected chi connectivity index (χ1v) is 9.50. The first-order chi connectivity index (χ1) is 15.3. The van der Waals surface area contributed by atoms with Crippen molar-refractivity contribution >= 4 is 35.4 Å². The molecular formula is C21H23FN4O6. The van der Waals surface area contributed by atoms with Gasteiger partial charge in [-0.3, -0.25) is 15.4 Å². The van der Waals surface area contributed by atoms with Gasteiger partial charge in [0.25, 0.3) is 0 Å². The second kappa shape index (κ2) is 11.9. The molecule has 32 heavy (non-hydrogen) atoms. The highest BCUT2D eigenvalue weighted by Gasteiger charge is 2.14. The second-order valence-corrected chi connectivity index (χ2v) is 6.23. The van der Waals surface area contributed by atoms with Gasteiger partial charge in [0, 0.05) is 18.6 Å². The fourth-order valence-electron chi connectivity index (χ4n) is 2.39. The molecule has 0 radical (unpaired) electrons. The Morgan fingerprint density at radius 1 is 0.969 bits per heavy atom. The Morgan fingerprint density at radius 3 is 2.22 bits per heavy atom. The molecule has 3 amide bonds. The zero-order chi connectivity index (χ0) is 23.5. The predicted octanol–water partition coefficient (Wildman–Crippen LogP) is 4.06. The molecule has 0 bridgehead atoms. The lowest BCUT2D eigenvalue weighted by Gasteiger charge is -2.13. The lowest BCUT2D eigenvalue weighted by Crippen LogP contribution is -2.43. The third-order valence-corrected chi connectivity index (χ3v) is 3.79. The first-order valence-electron chi connectivity index (χ1n) is 9.50. The molecule has 0 heterocycles. The number of nitrogens with zero attached hydrogens (tertiary/aromatic N) is 1. The molecule has 10 nitrogen and oxygen atoms in total. The van der Waals surface area contributed by atoms with Crippen LogP contribution in [0.15, 0.2) is 47.5 Å². The van der Waals surface area contributed by atoms with Crippen molar-refractivity contribution in [1.82, 2.24) is 10.6 Å². The third-order valence-electron chi connectivity index (χ3n) is 3.79. The van der Waals surface area contributed by atoms with Crippen LogP contribution in [0.2, 0.25) is 0 Å². The minimum Gasteiger partial charge on any atom is -0.457 e. The van der Waals surface area contributed by atoms with Crippen LogP contribution < -0.4 is 20.7 Å². The molecule has 11 heteroatoms. The van der Waals surface area contributed by atoms with Gasteiger partial charge in [0.2, 0.25) is 11.9 Å². The van der Waals surface area contributed by atoms with Crippen molar-refractivity contribution in [1.29, 1.82) is 0 Å². The molecule has 0 aromatic heterocycles. The monoisotopic (exact) mass is 446 g/mol. The van der Waals surface area contributed by atoms with Gasteiger partial charge in [0.05, 0.1) is 25.6 Å². The van der Waals surface area contributed by atoms with Crippen LogP contribution in [0.5, 0.6) is 11.5 Å². The average molecular weight is 446 g/mol. The van der Waals surface area contributed by atoms with E-state index in [0.717, 1.165) is 14.2 Å². The van der Waals surface area contributed by atoms with Gasteiger partial charge in [-0.2, -0.15) is 0 Å². The van der Waals surface area contributed by atoms with Crippen LogP contribution in [0, 0.1) is 5.82 Å². The Balaban J connectivity index is 2.42. The molecule has 0 saturated heterocycles. The molecular weight excluding hydrogens is 423 g/mol. The fourth-order valence-corrected chi connectivity index (χ4v) is 2.39. The molecule has 0 aliphatic rings. The predicted molar refractivity (Wildman–Crippen MR) is 115 cm³/mol. The van der Waals surface area contributed by atoms with E-state index in [1.165, 1.54) is 36.4 Å². The molecule has 3 N–H and O–H groups in total. The topological polar surface area (TPSA) is 127 Å². The number of alkyl carbamates (subject to hydrolysis) is 2. The summed E-state index contributed by atoms with van der Waals surface area (Å²) < 4.78 is 28.1. The number of hydrogen-bond donors (Lipinski definition) is 3. The molecule has 0 spiro atoms. The van der Waals surface area contributed by atoms with Crippen LogP contribution in [0.3, 0.4) is 0 Å². The minimum absolute atomic E-state index is 0.184. The number of halogens is 1. The van der Waals surface area contributed by atoms with Crippen molar-refractivity contribution in [2.75, 3.05) is 19.5 Å². The fraction of sp³-hybridized carbons (Fsp3) is 0.238. The van der Waals surface area contributed by atoms with Gasteiger partial charge < -0.3 is 19.5 Å². The molecule has 0 fully saturated rings. The quantitative estimate of drug-likeness (QED) is 0.454. The summed E-state index contributed by atoms with van der Waals surface area (Å²) in [4.78, 5) is 39.5. The molecule has 2 rings (SSSR count). The molecule has 0 aliphatic carbocycles. The Kier molecular flexibility index (Phi) is 8.96. The summed E-state index contributed by atoms with van der Waals surface area (Å²) in [6.45, 7) is 1.85. The van der Waals surface area contributed by atoms with E-state index >= 15 is 0 Å². The van der Waals surface area contributed by atoms with Gasteiger partial charge in [0.1, 0.15) is 17.3 Å². The smallest absolute Gasteiger partial charge is 0.413 e. The van der Waals surface area contributed by atoms with Crippen molar-refractivity contribution in [2.45, 2.75) is 19.8 Å². The van der Waals surface area contributed by atoms with Crippen molar-refractivity contribution in [3.05, 3.63) is 48.3 Å². The number of hydrogen-bond acceptors (Lipinski definition) is 7. The highest BCUT2D eigenvalue weighted by molar-refractivity contribution is 6.03. The SMILES string of the molecule is CCCC(=O)Nc1cc(Oc2cccc(F)c2)ccc1N=C(NC(=O)OC)NC(=O)OC. The van der Waals surface area contributed by atoms with Crippen LogP contribution in [-0.2, 0) is 14.3 Å². The maximum Gasteiger partial charge on any atom is 0.413 e. The van der Waals surface area contributed by atoms with Gasteiger partial charge in [0.15, 0.2) is 0 Å². The van der Waals surface area contributed by atoms with Gasteiger partial charge in [-0.25, -0.2) is 19.0 Å². The van der Waals surface area contributed by atoms with Crippen molar-refractivity contribution in [3.63, 3.8) is 0 Å². The van der Waals surface area contributed by atoms with E-state index in [4.69, 9.17) is 4.74 Å². The summed E-state index contributed by atoms with van der Waals surface area (Å²) in [5.74, 6) is -0.492. The van der Waals surface area contributed by atoms with Gasteiger partial charge in [-0.15, -0.1) is 0 Å². The minimum atomic E-state index is -0.886. The number of methoxy groups -OCH3 is 2. The maximum atomic E-state index is 13.4. The van der Waals surface area contributed by atoms with Crippen LogP contribution in [0.4, 0.5) is 25.4 Å². The Bertz CT molecular complexity index is 992. The molecule has 2 aromatic rings. The molecule has 2 aromatic carbocycles. The second-order valence-electron chi connectivity index (χ2n) is 6.23. The number of carbonyl (C=O) groups excluding carboxylic acids is 3. The normalized spacial score (nSPS) is 9.88. The number of guanidine groups is 1. The number of carbonyl (C=O) groups is 3. The Hall–Kier alpha value is -4.15. The van der Waals surface area contributed by atoms with Crippen LogP contribution in [0.1, 0.15) is 19.8 Å². The lowest BCUT2D eigenvalue weighted by molar-refractivity contribution is -0.116. The van der Waals surface area contributed by atoms with Gasteiger partial charge in [-0.1, -0.05) is 13.0 Å². The lowest BCUT2D eigenvalue weighted by atomic mass is 10.2. The number of amides is 3. The van der Waals surface area contributed by atoms with Gasteiger partial charge in [-0.05, 0) is 30.7 Å². The molecule has 0 saturated carbocycles. The molecule has 0 atom stereocenters. The standard InChI is InChI=1S/C21H23FN4O6/c1-4-6-18(27)23-17-12-15(32-14-8-5-7-13(22)11-14)9-10-16(17)24-19(25-20(28)30-2)26-21(29)31-3/h5,7-12H,4,6H2,1-3H3,(H,23,27)(H2,24,25,26,28,29). The zero-order valence-electron chi connectivity index (χ0n) is 17.7. The van der Waals surface area contributed by atoms with E-state index in [0.29, 0.717) is 12.2 Å². The summed E-state index contributed by atoms with van der Waals surface area (Å²) in [7, 11) is 2.28. The average Bonchev–Trinajstić information content (AvgIpc) is 2.75. The van der Waals surface area contributed by atoms with E-state index in [9.17, 15) is 18.8 Å². The van der Waals surface area contributed by atoms with E-state index in [2.05, 4.69) is 30.4 Å². The number of aliphatic imine (C=N–C) groups is 1. The number of ether oxygens (including phenoxy) is 3. The molecule has 170 valence electrons. The molecule has 0 unspecified atom stereocenters. The summed E-state index contributed by atoms with van der Waals surface area (Å²) in [6, 6.07) is 10.0. The summed E-state index contributed by atoms with van der Waals surface area (Å²) in [6.07, 6.45) is -0.903. The highest BCUT2D eigenvalue weighted by atomic mass is 19.1. The number of anilines is 1. The van der Waals surface area contributed by atoms with Crippen LogP contribution in [0.25, 0.3) is 0 Å². The number of rotatable bonds is 6. The maximum absolute atomic E-state index is 13.4. The van der Waals surface area contributed by atoms with Crippen LogP contribution in [-0.4, -0.2) is 38.3 Å². The number of benzene rings is 2. The van der Waals surface area contributed by atoms with E-state index in [1.54, 1.807) is 6.07 Å². The van der Waals surface area contributed by atoms with Crippen molar-refractivity contribution in [3.8, 4) is 11.5 Å². The summed E-state index contributed by atoms with van der Waals surface area (Å²) >= 11 is 0. The summed E-state index contributed by atoms with van der Waals surface area (Å²) in [5, 5.41) is 7.18. The largest absolute Gasteiger partial charge is 0.457 e. The zero-order valence-corrected chi connectivity index (χ0v) is 17.7. The Labute approximate surface area is 183 Å². The summed E-state index contributed by atoms with van der Waals surface area (Å²) in [5.41, 5.74) is 0.414. The number of nitrogens with one attached hydrogen (secondary N) is 3. The van der Waals surface area contributed by atoms with E-state index < -0.39 is 18.0 Å². The van der Waals surface area contributed by atoms with E-state index in [1.807, 2.05) is 6.92 Å².